The summed E-state index contributed by atoms with van der Waals surface area (Å²) in [6.45, 7) is 0. The van der Waals surface area contributed by atoms with Gasteiger partial charge in [-0.3, -0.25) is 0 Å². The average molecular weight is 349 g/mol. The molecule has 0 saturated heterocycles. The van der Waals surface area contributed by atoms with Crippen LogP contribution < -0.4 is 10.5 Å². The van der Waals surface area contributed by atoms with Gasteiger partial charge in [-0.2, -0.15) is 0 Å². The Bertz CT molecular complexity index is 891. The van der Waals surface area contributed by atoms with Crippen molar-refractivity contribution >= 4 is 23.6 Å². The lowest BCUT2D eigenvalue weighted by atomic mass is 10.1. The standard InChI is InChI=1S/C15H10ClFN4O3/c16-9-3-8(4-10(17)5-9)12-6-14(24-15(22)23)20-21(12)11-1-2-13(18)19-7-11/h1-7H,(H2,18,19)(H,22,23). The number of rotatable bonds is 3. The molecule has 0 aliphatic carbocycles. The van der Waals surface area contributed by atoms with Crippen LogP contribution in [0.3, 0.4) is 0 Å². The predicted molar refractivity (Wildman–Crippen MR) is 84.8 cm³/mol. The van der Waals surface area contributed by atoms with Crippen LogP contribution in [0, 0.1) is 5.82 Å². The molecule has 2 heterocycles. The third-order valence-electron chi connectivity index (χ3n) is 3.05. The third kappa shape index (κ3) is 3.28. The number of nitrogens with zero attached hydrogens (tertiary/aromatic N) is 3. The topological polar surface area (TPSA) is 103 Å². The van der Waals surface area contributed by atoms with Crippen LogP contribution in [0.4, 0.5) is 15.0 Å². The van der Waals surface area contributed by atoms with Gasteiger partial charge in [0, 0.05) is 16.7 Å². The molecule has 1 aromatic carbocycles. The van der Waals surface area contributed by atoms with E-state index in [-0.39, 0.29) is 10.9 Å². The van der Waals surface area contributed by atoms with E-state index in [2.05, 4.69) is 14.8 Å². The van der Waals surface area contributed by atoms with Crippen molar-refractivity contribution in [2.75, 3.05) is 5.73 Å². The molecule has 0 bridgehead atoms. The van der Waals surface area contributed by atoms with E-state index >= 15 is 0 Å². The molecule has 2 aromatic heterocycles. The molecule has 0 fully saturated rings. The molecule has 0 amide bonds. The van der Waals surface area contributed by atoms with Crippen molar-refractivity contribution in [3.63, 3.8) is 0 Å². The zero-order valence-electron chi connectivity index (χ0n) is 12.0. The largest absolute Gasteiger partial charge is 0.512 e. The summed E-state index contributed by atoms with van der Waals surface area (Å²) in [5.41, 5.74) is 6.81. The van der Waals surface area contributed by atoms with E-state index in [1.54, 1.807) is 12.1 Å². The zero-order chi connectivity index (χ0) is 17.3. The highest BCUT2D eigenvalue weighted by atomic mass is 35.5. The number of nitrogen functional groups attached to an aromatic ring is 1. The molecular formula is C15H10ClFN4O3. The van der Waals surface area contributed by atoms with Gasteiger partial charge in [0.2, 0.25) is 5.88 Å². The summed E-state index contributed by atoms with van der Waals surface area (Å²) < 4.78 is 19.6. The lowest BCUT2D eigenvalue weighted by molar-refractivity contribution is 0.142. The minimum Gasteiger partial charge on any atom is -0.449 e. The Kier molecular flexibility index (Phi) is 4.05. The summed E-state index contributed by atoms with van der Waals surface area (Å²) in [6, 6.07) is 8.46. The SMILES string of the molecule is Nc1ccc(-n2nc(OC(=O)O)cc2-c2cc(F)cc(Cl)c2)cn1. The quantitative estimate of drug-likeness (QED) is 0.703. The molecule has 0 radical (unpaired) electrons. The summed E-state index contributed by atoms with van der Waals surface area (Å²) in [4.78, 5) is 14.7. The Morgan fingerprint density at radius 1 is 1.29 bits per heavy atom. The number of ether oxygens (including phenoxy) is 1. The molecule has 3 rings (SSSR count). The number of hydrogen-bond acceptors (Lipinski definition) is 5. The first kappa shape index (κ1) is 15.8. The number of nitrogens with two attached hydrogens (primary N) is 1. The van der Waals surface area contributed by atoms with Crippen LogP contribution in [0.25, 0.3) is 16.9 Å². The van der Waals surface area contributed by atoms with Crippen molar-refractivity contribution in [2.24, 2.45) is 0 Å². The fourth-order valence-corrected chi connectivity index (χ4v) is 2.35. The van der Waals surface area contributed by atoms with Crippen molar-refractivity contribution in [3.05, 3.63) is 53.4 Å². The molecule has 0 atom stereocenters. The molecule has 3 aromatic rings. The van der Waals surface area contributed by atoms with Crippen LogP contribution in [0.1, 0.15) is 0 Å². The van der Waals surface area contributed by atoms with Crippen molar-refractivity contribution in [3.8, 4) is 22.8 Å². The van der Waals surface area contributed by atoms with Gasteiger partial charge in [0.15, 0.2) is 0 Å². The molecule has 7 nitrogen and oxygen atoms in total. The normalized spacial score (nSPS) is 10.6. The third-order valence-corrected chi connectivity index (χ3v) is 3.27. The summed E-state index contributed by atoms with van der Waals surface area (Å²) >= 11 is 5.89. The van der Waals surface area contributed by atoms with Crippen molar-refractivity contribution < 1.29 is 19.0 Å². The summed E-state index contributed by atoms with van der Waals surface area (Å²) in [5.74, 6) is -0.403. The number of anilines is 1. The zero-order valence-corrected chi connectivity index (χ0v) is 12.7. The number of carboxylic acid groups (broad SMARTS) is 1. The Labute approximate surface area is 140 Å². The van der Waals surface area contributed by atoms with Crippen LogP contribution in [-0.4, -0.2) is 26.0 Å². The second-order valence-electron chi connectivity index (χ2n) is 4.75. The Hall–Kier alpha value is -3.13. The van der Waals surface area contributed by atoms with Crippen LogP contribution in [0.2, 0.25) is 5.02 Å². The highest BCUT2D eigenvalue weighted by Crippen LogP contribution is 2.29. The number of benzene rings is 1. The molecule has 0 aliphatic heterocycles. The Morgan fingerprint density at radius 3 is 2.71 bits per heavy atom. The maximum atomic E-state index is 13.6. The molecular weight excluding hydrogens is 339 g/mol. The summed E-state index contributed by atoms with van der Waals surface area (Å²) in [5, 5.41) is 13.0. The lowest BCUT2D eigenvalue weighted by Crippen LogP contribution is -2.05. The summed E-state index contributed by atoms with van der Waals surface area (Å²) in [6.07, 6.45) is -0.0732. The number of hydrogen-bond donors (Lipinski definition) is 2. The van der Waals surface area contributed by atoms with E-state index in [1.807, 2.05) is 0 Å². The van der Waals surface area contributed by atoms with E-state index in [1.165, 1.54) is 29.1 Å². The van der Waals surface area contributed by atoms with Gasteiger partial charge in [-0.25, -0.2) is 18.9 Å². The van der Waals surface area contributed by atoms with Gasteiger partial charge < -0.3 is 15.6 Å². The molecule has 9 heteroatoms. The van der Waals surface area contributed by atoms with Gasteiger partial charge in [-0.05, 0) is 30.3 Å². The molecule has 0 unspecified atom stereocenters. The molecule has 0 saturated carbocycles. The van der Waals surface area contributed by atoms with Crippen LogP contribution >= 0.6 is 11.6 Å². The second-order valence-corrected chi connectivity index (χ2v) is 5.18. The first-order chi connectivity index (χ1) is 11.4. The fraction of sp³-hybridized carbons (Fsp3) is 0. The van der Waals surface area contributed by atoms with E-state index in [4.69, 9.17) is 22.4 Å². The number of pyridine rings is 1. The smallest absolute Gasteiger partial charge is 0.449 e. The van der Waals surface area contributed by atoms with Gasteiger partial charge in [0.25, 0.3) is 0 Å². The Morgan fingerprint density at radius 2 is 2.08 bits per heavy atom. The molecule has 24 heavy (non-hydrogen) atoms. The number of aromatic nitrogens is 3. The number of halogens is 2. The first-order valence-corrected chi connectivity index (χ1v) is 6.99. The van der Waals surface area contributed by atoms with Gasteiger partial charge >= 0.3 is 6.16 Å². The Balaban J connectivity index is 2.17. The molecule has 122 valence electrons. The van der Waals surface area contributed by atoms with Crippen molar-refractivity contribution in [2.45, 2.75) is 0 Å². The van der Waals surface area contributed by atoms with E-state index in [0.717, 1.165) is 6.07 Å². The fourth-order valence-electron chi connectivity index (χ4n) is 2.13. The predicted octanol–water partition coefficient (Wildman–Crippen LogP) is 3.37. The summed E-state index contributed by atoms with van der Waals surface area (Å²) in [7, 11) is 0. The van der Waals surface area contributed by atoms with Crippen LogP contribution in [0.15, 0.2) is 42.6 Å². The van der Waals surface area contributed by atoms with E-state index in [0.29, 0.717) is 22.8 Å². The average Bonchev–Trinajstić information content (AvgIpc) is 2.90. The second kappa shape index (κ2) is 6.17. The monoisotopic (exact) mass is 348 g/mol. The van der Waals surface area contributed by atoms with E-state index < -0.39 is 12.0 Å². The molecule has 0 spiro atoms. The first-order valence-electron chi connectivity index (χ1n) is 6.61. The lowest BCUT2D eigenvalue weighted by Gasteiger charge is -2.07. The highest BCUT2D eigenvalue weighted by molar-refractivity contribution is 6.30. The van der Waals surface area contributed by atoms with Gasteiger partial charge in [-0.1, -0.05) is 11.6 Å². The highest BCUT2D eigenvalue weighted by Gasteiger charge is 2.16. The molecule has 0 aliphatic rings. The van der Waals surface area contributed by atoms with Crippen LogP contribution in [-0.2, 0) is 0 Å². The number of carbonyl (C=O) groups is 1. The van der Waals surface area contributed by atoms with Crippen molar-refractivity contribution in [1.29, 1.82) is 0 Å². The maximum Gasteiger partial charge on any atom is 0.512 e. The van der Waals surface area contributed by atoms with Gasteiger partial charge in [-0.15, -0.1) is 5.10 Å². The molecule has 3 N–H and O–H groups in total. The van der Waals surface area contributed by atoms with Gasteiger partial charge in [0.05, 0.1) is 17.6 Å². The van der Waals surface area contributed by atoms with Crippen LogP contribution in [0.5, 0.6) is 5.88 Å². The minimum absolute atomic E-state index is 0.172. The maximum absolute atomic E-state index is 13.6. The van der Waals surface area contributed by atoms with Crippen molar-refractivity contribution in [1.82, 2.24) is 14.8 Å². The minimum atomic E-state index is -1.51. The van der Waals surface area contributed by atoms with E-state index in [9.17, 15) is 9.18 Å². The van der Waals surface area contributed by atoms with Gasteiger partial charge in [0.1, 0.15) is 11.6 Å².